The summed E-state index contributed by atoms with van der Waals surface area (Å²) in [5, 5.41) is 5.01. The molecule has 1 amide bonds. The molecule has 3 nitrogen and oxygen atoms in total. The van der Waals surface area contributed by atoms with E-state index >= 15 is 0 Å². The van der Waals surface area contributed by atoms with Gasteiger partial charge in [0.25, 0.3) is 0 Å². The number of amides is 1. The monoisotopic (exact) mass is 289 g/mol. The van der Waals surface area contributed by atoms with Crippen molar-refractivity contribution in [3.8, 4) is 5.75 Å². The van der Waals surface area contributed by atoms with E-state index in [0.717, 1.165) is 21.8 Å². The molecule has 0 saturated heterocycles. The van der Waals surface area contributed by atoms with Crippen molar-refractivity contribution in [2.24, 2.45) is 0 Å². The summed E-state index contributed by atoms with van der Waals surface area (Å²) in [6, 6.07) is 9.85. The van der Waals surface area contributed by atoms with Crippen molar-refractivity contribution in [1.29, 1.82) is 0 Å². The molecule has 0 aliphatic rings. The molecule has 0 radical (unpaired) electrons. The quantitative estimate of drug-likeness (QED) is 0.915. The topological polar surface area (TPSA) is 38.3 Å². The summed E-state index contributed by atoms with van der Waals surface area (Å²) in [7, 11) is 1.65. The molecule has 0 aliphatic heterocycles. The number of hydrogen-bond donors (Lipinski definition) is 1. The van der Waals surface area contributed by atoms with Gasteiger partial charge in [0, 0.05) is 10.4 Å². The van der Waals surface area contributed by atoms with Crippen LogP contribution in [0, 0.1) is 6.92 Å². The zero-order valence-electron chi connectivity index (χ0n) is 12.0. The van der Waals surface area contributed by atoms with Gasteiger partial charge in [-0.3, -0.25) is 4.79 Å². The van der Waals surface area contributed by atoms with Crippen LogP contribution in [0.1, 0.15) is 29.0 Å². The van der Waals surface area contributed by atoms with Crippen LogP contribution in [0.2, 0.25) is 0 Å². The number of carbonyl (C=O) groups excluding carboxylic acids is 1. The SMILES string of the molecule is COc1ccc(C)cc1C(C)NC(=O)Cc1cccs1. The number of thiophene rings is 1. The first-order valence-corrected chi connectivity index (χ1v) is 7.44. The first-order chi connectivity index (χ1) is 9.60. The van der Waals surface area contributed by atoms with Gasteiger partial charge in [-0.15, -0.1) is 11.3 Å². The Morgan fingerprint density at radius 2 is 2.20 bits per heavy atom. The van der Waals surface area contributed by atoms with Crippen molar-refractivity contribution >= 4 is 17.2 Å². The molecular weight excluding hydrogens is 270 g/mol. The molecule has 1 aromatic heterocycles. The molecule has 2 aromatic rings. The Morgan fingerprint density at radius 3 is 2.85 bits per heavy atom. The number of rotatable bonds is 5. The van der Waals surface area contributed by atoms with Gasteiger partial charge in [-0.2, -0.15) is 0 Å². The van der Waals surface area contributed by atoms with Crippen LogP contribution in [0.4, 0.5) is 0 Å². The Kier molecular flexibility index (Phi) is 4.79. The van der Waals surface area contributed by atoms with Crippen LogP contribution in [0.25, 0.3) is 0 Å². The fourth-order valence-corrected chi connectivity index (χ4v) is 2.84. The highest BCUT2D eigenvalue weighted by Gasteiger charge is 2.14. The normalized spacial score (nSPS) is 11.9. The van der Waals surface area contributed by atoms with E-state index in [1.807, 2.05) is 43.5 Å². The van der Waals surface area contributed by atoms with Crippen LogP contribution >= 0.6 is 11.3 Å². The summed E-state index contributed by atoms with van der Waals surface area (Å²) in [5.41, 5.74) is 2.16. The second-order valence-electron chi connectivity index (χ2n) is 4.79. The molecule has 1 N–H and O–H groups in total. The molecule has 4 heteroatoms. The molecule has 0 fully saturated rings. The number of hydrogen-bond acceptors (Lipinski definition) is 3. The molecule has 0 saturated carbocycles. The summed E-state index contributed by atoms with van der Waals surface area (Å²) in [5.74, 6) is 0.836. The minimum absolute atomic E-state index is 0.0310. The summed E-state index contributed by atoms with van der Waals surface area (Å²) in [4.78, 5) is 13.1. The predicted octanol–water partition coefficient (Wildman–Crippen LogP) is 3.49. The van der Waals surface area contributed by atoms with E-state index in [9.17, 15) is 4.79 Å². The van der Waals surface area contributed by atoms with Crippen molar-refractivity contribution in [3.63, 3.8) is 0 Å². The summed E-state index contributed by atoms with van der Waals surface area (Å²) >= 11 is 1.60. The third kappa shape index (κ3) is 3.61. The summed E-state index contributed by atoms with van der Waals surface area (Å²) < 4.78 is 5.36. The van der Waals surface area contributed by atoms with E-state index in [1.54, 1.807) is 18.4 Å². The lowest BCUT2D eigenvalue weighted by Crippen LogP contribution is -2.28. The fraction of sp³-hybridized carbons (Fsp3) is 0.312. The van der Waals surface area contributed by atoms with E-state index in [4.69, 9.17) is 4.74 Å². The van der Waals surface area contributed by atoms with Gasteiger partial charge >= 0.3 is 0 Å². The molecule has 20 heavy (non-hydrogen) atoms. The van der Waals surface area contributed by atoms with Gasteiger partial charge in [0.15, 0.2) is 0 Å². The maximum absolute atomic E-state index is 12.0. The molecule has 2 rings (SSSR count). The van der Waals surface area contributed by atoms with Gasteiger partial charge in [0.2, 0.25) is 5.91 Å². The second kappa shape index (κ2) is 6.57. The van der Waals surface area contributed by atoms with Gasteiger partial charge in [-0.05, 0) is 31.4 Å². The first-order valence-electron chi connectivity index (χ1n) is 6.56. The van der Waals surface area contributed by atoms with Crippen molar-refractivity contribution in [1.82, 2.24) is 5.32 Å². The number of nitrogens with one attached hydrogen (secondary N) is 1. The highest BCUT2D eigenvalue weighted by molar-refractivity contribution is 7.10. The third-order valence-corrected chi connectivity index (χ3v) is 4.02. The zero-order chi connectivity index (χ0) is 14.5. The Morgan fingerprint density at radius 1 is 1.40 bits per heavy atom. The molecular formula is C16H19NO2S. The lowest BCUT2D eigenvalue weighted by Gasteiger charge is -2.18. The molecule has 1 unspecified atom stereocenters. The zero-order valence-corrected chi connectivity index (χ0v) is 12.8. The maximum Gasteiger partial charge on any atom is 0.225 e. The predicted molar refractivity (Wildman–Crippen MR) is 82.3 cm³/mol. The molecule has 0 aliphatic carbocycles. The van der Waals surface area contributed by atoms with E-state index in [2.05, 4.69) is 11.4 Å². The first kappa shape index (κ1) is 14.6. The van der Waals surface area contributed by atoms with Gasteiger partial charge in [0.05, 0.1) is 19.6 Å². The van der Waals surface area contributed by atoms with Gasteiger partial charge in [-0.25, -0.2) is 0 Å². The molecule has 0 bridgehead atoms. The van der Waals surface area contributed by atoms with Crippen LogP contribution in [-0.2, 0) is 11.2 Å². The fourth-order valence-electron chi connectivity index (χ4n) is 2.13. The van der Waals surface area contributed by atoms with E-state index in [-0.39, 0.29) is 11.9 Å². The Hall–Kier alpha value is -1.81. The average molecular weight is 289 g/mol. The Labute approximate surface area is 123 Å². The number of ether oxygens (including phenoxy) is 1. The molecule has 1 atom stereocenters. The lowest BCUT2D eigenvalue weighted by atomic mass is 10.0. The number of aryl methyl sites for hydroxylation is 1. The number of carbonyl (C=O) groups is 1. The van der Waals surface area contributed by atoms with Crippen LogP contribution in [0.5, 0.6) is 5.75 Å². The van der Waals surface area contributed by atoms with Gasteiger partial charge < -0.3 is 10.1 Å². The number of methoxy groups -OCH3 is 1. The van der Waals surface area contributed by atoms with Crippen molar-refractivity contribution < 1.29 is 9.53 Å². The smallest absolute Gasteiger partial charge is 0.225 e. The maximum atomic E-state index is 12.0. The van der Waals surface area contributed by atoms with Crippen LogP contribution in [-0.4, -0.2) is 13.0 Å². The standard InChI is InChI=1S/C16H19NO2S/c1-11-6-7-15(19-3)14(9-11)12(2)17-16(18)10-13-5-4-8-20-13/h4-9,12H,10H2,1-3H3,(H,17,18). The summed E-state index contributed by atoms with van der Waals surface area (Å²) in [6.45, 7) is 4.01. The van der Waals surface area contributed by atoms with Crippen LogP contribution in [0.3, 0.4) is 0 Å². The van der Waals surface area contributed by atoms with E-state index in [1.165, 1.54) is 0 Å². The average Bonchev–Trinajstić information content (AvgIpc) is 2.91. The molecule has 0 spiro atoms. The summed E-state index contributed by atoms with van der Waals surface area (Å²) in [6.07, 6.45) is 0.427. The van der Waals surface area contributed by atoms with Crippen molar-refractivity contribution in [2.45, 2.75) is 26.3 Å². The van der Waals surface area contributed by atoms with Gasteiger partial charge in [-0.1, -0.05) is 23.8 Å². The van der Waals surface area contributed by atoms with Crippen LogP contribution < -0.4 is 10.1 Å². The molecule has 106 valence electrons. The van der Waals surface area contributed by atoms with Gasteiger partial charge in [0.1, 0.15) is 5.75 Å². The molecule has 1 aromatic carbocycles. The Bertz CT molecular complexity index is 578. The van der Waals surface area contributed by atoms with E-state index in [0.29, 0.717) is 6.42 Å². The number of benzene rings is 1. The van der Waals surface area contributed by atoms with Crippen LogP contribution in [0.15, 0.2) is 35.7 Å². The minimum Gasteiger partial charge on any atom is -0.496 e. The minimum atomic E-state index is -0.0719. The third-order valence-electron chi connectivity index (χ3n) is 3.14. The largest absolute Gasteiger partial charge is 0.496 e. The second-order valence-corrected chi connectivity index (χ2v) is 5.82. The van der Waals surface area contributed by atoms with Crippen molar-refractivity contribution in [2.75, 3.05) is 7.11 Å². The lowest BCUT2D eigenvalue weighted by molar-refractivity contribution is -0.121. The highest BCUT2D eigenvalue weighted by Crippen LogP contribution is 2.26. The Balaban J connectivity index is 2.06. The van der Waals surface area contributed by atoms with Crippen molar-refractivity contribution in [3.05, 3.63) is 51.7 Å². The highest BCUT2D eigenvalue weighted by atomic mass is 32.1. The molecule has 1 heterocycles. The van der Waals surface area contributed by atoms with E-state index < -0.39 is 0 Å².